The molecule has 0 saturated heterocycles. The van der Waals surface area contributed by atoms with E-state index in [-0.39, 0.29) is 0 Å². The molecular weight excluding hydrogens is 270 g/mol. The van der Waals surface area contributed by atoms with Crippen LogP contribution < -0.4 is 10.2 Å². The molecule has 2 rings (SSSR count). The van der Waals surface area contributed by atoms with Gasteiger partial charge >= 0.3 is 0 Å². The average Bonchev–Trinajstić information content (AvgIpc) is 3.18. The van der Waals surface area contributed by atoms with Crippen molar-refractivity contribution in [2.75, 3.05) is 31.7 Å². The molecule has 4 nitrogen and oxygen atoms in total. The average molecular weight is 297 g/mol. The molecule has 20 heavy (non-hydrogen) atoms. The largest absolute Gasteiger partial charge is 0.383 e. The first kappa shape index (κ1) is 15.7. The molecule has 1 fully saturated rings. The summed E-state index contributed by atoms with van der Waals surface area (Å²) in [5.74, 6) is 0.713. The minimum atomic E-state index is 0.517. The van der Waals surface area contributed by atoms with Crippen LogP contribution in [0.4, 0.5) is 5.13 Å². The lowest BCUT2D eigenvalue weighted by Crippen LogP contribution is -2.26. The molecule has 1 aromatic heterocycles. The van der Waals surface area contributed by atoms with Gasteiger partial charge in [-0.05, 0) is 19.8 Å². The Balaban J connectivity index is 2.10. The van der Waals surface area contributed by atoms with Gasteiger partial charge in [0.2, 0.25) is 0 Å². The summed E-state index contributed by atoms with van der Waals surface area (Å²) in [6.45, 7) is 10.2. The molecule has 1 heterocycles. The van der Waals surface area contributed by atoms with Crippen LogP contribution in [0.15, 0.2) is 0 Å². The lowest BCUT2D eigenvalue weighted by Gasteiger charge is -2.18. The van der Waals surface area contributed by atoms with Crippen LogP contribution in [-0.2, 0) is 11.3 Å². The summed E-state index contributed by atoms with van der Waals surface area (Å²) in [5.41, 5.74) is 1.34. The summed E-state index contributed by atoms with van der Waals surface area (Å²) in [6, 6.07) is 0.517. The van der Waals surface area contributed by atoms with Gasteiger partial charge in [0.1, 0.15) is 0 Å². The Kier molecular flexibility index (Phi) is 5.81. The summed E-state index contributed by atoms with van der Waals surface area (Å²) in [7, 11) is 1.75. The number of ether oxygens (including phenoxy) is 1. The smallest absolute Gasteiger partial charge is 0.185 e. The zero-order valence-electron chi connectivity index (χ0n) is 13.1. The minimum Gasteiger partial charge on any atom is -0.383 e. The van der Waals surface area contributed by atoms with Gasteiger partial charge in [0.05, 0.1) is 12.3 Å². The predicted octanol–water partition coefficient (Wildman–Crippen LogP) is 2.99. The van der Waals surface area contributed by atoms with Crippen molar-refractivity contribution in [3.05, 3.63) is 10.6 Å². The molecule has 1 aromatic rings. The Labute approximate surface area is 126 Å². The molecule has 0 bridgehead atoms. The number of aromatic nitrogens is 1. The van der Waals surface area contributed by atoms with Gasteiger partial charge in [0, 0.05) is 43.6 Å². The fourth-order valence-electron chi connectivity index (χ4n) is 2.18. The Bertz CT molecular complexity index is 415. The van der Waals surface area contributed by atoms with Crippen molar-refractivity contribution in [1.29, 1.82) is 0 Å². The van der Waals surface area contributed by atoms with Crippen LogP contribution in [0.1, 0.15) is 50.1 Å². The highest BCUT2D eigenvalue weighted by Crippen LogP contribution is 2.44. The molecule has 1 N–H and O–H groups in total. The standard InChI is InChI=1S/C15H27N3OS/c1-5-18(8-9-19-4)15-17-14(12-6-7-12)13(20-15)10-16-11(2)3/h11-12,16H,5-10H2,1-4H3. The molecule has 0 radical (unpaired) electrons. The van der Waals surface area contributed by atoms with E-state index in [1.54, 1.807) is 7.11 Å². The molecule has 1 aliphatic carbocycles. The van der Waals surface area contributed by atoms with Crippen LogP contribution in [0.5, 0.6) is 0 Å². The predicted molar refractivity (Wildman–Crippen MR) is 85.8 cm³/mol. The number of nitrogens with one attached hydrogen (secondary N) is 1. The molecule has 0 amide bonds. The van der Waals surface area contributed by atoms with Crippen molar-refractivity contribution < 1.29 is 4.74 Å². The van der Waals surface area contributed by atoms with Crippen LogP contribution in [0.3, 0.4) is 0 Å². The quantitative estimate of drug-likeness (QED) is 0.760. The third kappa shape index (κ3) is 4.17. The fraction of sp³-hybridized carbons (Fsp3) is 0.800. The number of nitrogens with zero attached hydrogens (tertiary/aromatic N) is 2. The van der Waals surface area contributed by atoms with Crippen LogP contribution >= 0.6 is 11.3 Å². The third-order valence-corrected chi connectivity index (χ3v) is 4.70. The first-order chi connectivity index (χ1) is 9.65. The van der Waals surface area contributed by atoms with Gasteiger partial charge in [-0.25, -0.2) is 4.98 Å². The normalized spacial score (nSPS) is 15.1. The van der Waals surface area contributed by atoms with Crippen molar-refractivity contribution in [2.24, 2.45) is 0 Å². The van der Waals surface area contributed by atoms with Crippen molar-refractivity contribution in [2.45, 2.75) is 52.1 Å². The van der Waals surface area contributed by atoms with E-state index in [0.29, 0.717) is 12.0 Å². The Morgan fingerprint density at radius 2 is 2.20 bits per heavy atom. The zero-order chi connectivity index (χ0) is 14.5. The molecule has 0 atom stereocenters. The van der Waals surface area contributed by atoms with Crippen LogP contribution in [0.25, 0.3) is 0 Å². The number of hydrogen-bond donors (Lipinski definition) is 1. The number of thiazole rings is 1. The van der Waals surface area contributed by atoms with Crippen LogP contribution in [-0.4, -0.2) is 37.8 Å². The summed E-state index contributed by atoms with van der Waals surface area (Å²) < 4.78 is 5.19. The van der Waals surface area contributed by atoms with E-state index >= 15 is 0 Å². The van der Waals surface area contributed by atoms with Crippen molar-refractivity contribution in [3.8, 4) is 0 Å². The maximum atomic E-state index is 5.19. The Morgan fingerprint density at radius 1 is 1.45 bits per heavy atom. The third-order valence-electron chi connectivity index (χ3n) is 3.57. The number of hydrogen-bond acceptors (Lipinski definition) is 5. The Morgan fingerprint density at radius 3 is 2.75 bits per heavy atom. The van der Waals surface area contributed by atoms with Crippen molar-refractivity contribution >= 4 is 16.5 Å². The number of rotatable bonds is 9. The monoisotopic (exact) mass is 297 g/mol. The minimum absolute atomic E-state index is 0.517. The molecule has 0 aromatic carbocycles. The maximum Gasteiger partial charge on any atom is 0.185 e. The summed E-state index contributed by atoms with van der Waals surface area (Å²) in [6.07, 6.45) is 2.62. The lowest BCUT2D eigenvalue weighted by atomic mass is 10.2. The van der Waals surface area contributed by atoms with Gasteiger partial charge in [-0.2, -0.15) is 0 Å². The van der Waals surface area contributed by atoms with E-state index in [9.17, 15) is 0 Å². The molecule has 114 valence electrons. The molecule has 0 unspecified atom stereocenters. The zero-order valence-corrected chi connectivity index (χ0v) is 13.9. The second-order valence-corrected chi connectivity index (χ2v) is 6.75. The molecule has 1 saturated carbocycles. The SMILES string of the molecule is CCN(CCOC)c1nc(C2CC2)c(CNC(C)C)s1. The van der Waals surface area contributed by atoms with Gasteiger partial charge in [0.25, 0.3) is 0 Å². The second-order valence-electron chi connectivity index (χ2n) is 5.69. The van der Waals surface area contributed by atoms with E-state index in [2.05, 4.69) is 31.0 Å². The first-order valence-electron chi connectivity index (χ1n) is 7.62. The second kappa shape index (κ2) is 7.38. The highest BCUT2D eigenvalue weighted by atomic mass is 32.1. The summed E-state index contributed by atoms with van der Waals surface area (Å²) in [5, 5.41) is 4.68. The number of anilines is 1. The summed E-state index contributed by atoms with van der Waals surface area (Å²) >= 11 is 1.85. The molecule has 1 aliphatic rings. The lowest BCUT2D eigenvalue weighted by molar-refractivity contribution is 0.205. The van der Waals surface area contributed by atoms with E-state index < -0.39 is 0 Å². The maximum absolute atomic E-state index is 5.19. The molecule has 0 aliphatic heterocycles. The van der Waals surface area contributed by atoms with Crippen LogP contribution in [0, 0.1) is 0 Å². The van der Waals surface area contributed by atoms with E-state index in [1.165, 1.54) is 23.4 Å². The topological polar surface area (TPSA) is 37.4 Å². The highest BCUT2D eigenvalue weighted by molar-refractivity contribution is 7.15. The van der Waals surface area contributed by atoms with Gasteiger partial charge in [0.15, 0.2) is 5.13 Å². The summed E-state index contributed by atoms with van der Waals surface area (Å²) in [4.78, 5) is 8.66. The van der Waals surface area contributed by atoms with Crippen molar-refractivity contribution in [3.63, 3.8) is 0 Å². The van der Waals surface area contributed by atoms with E-state index in [0.717, 1.165) is 31.4 Å². The highest BCUT2D eigenvalue weighted by Gasteiger charge is 2.30. The van der Waals surface area contributed by atoms with Gasteiger partial charge in [-0.1, -0.05) is 13.8 Å². The molecule has 0 spiro atoms. The molecule has 5 heteroatoms. The van der Waals surface area contributed by atoms with Gasteiger partial charge < -0.3 is 15.0 Å². The van der Waals surface area contributed by atoms with Gasteiger partial charge in [-0.3, -0.25) is 0 Å². The van der Waals surface area contributed by atoms with E-state index in [4.69, 9.17) is 9.72 Å². The Hall–Kier alpha value is -0.650. The van der Waals surface area contributed by atoms with Gasteiger partial charge in [-0.15, -0.1) is 11.3 Å². The van der Waals surface area contributed by atoms with E-state index in [1.807, 2.05) is 11.3 Å². The van der Waals surface area contributed by atoms with Crippen molar-refractivity contribution in [1.82, 2.24) is 10.3 Å². The first-order valence-corrected chi connectivity index (χ1v) is 8.44. The number of likely N-dealkylation sites (N-methyl/N-ethyl adjacent to an activating group) is 1. The molecular formula is C15H27N3OS. The van der Waals surface area contributed by atoms with Crippen LogP contribution in [0.2, 0.25) is 0 Å². The number of methoxy groups -OCH3 is 1. The fourth-order valence-corrected chi connectivity index (χ4v) is 3.36.